The minimum absolute atomic E-state index is 0.0159. The Kier molecular flexibility index (Phi) is 5.02. The van der Waals surface area contributed by atoms with Gasteiger partial charge in [0.2, 0.25) is 5.91 Å². The zero-order valence-electron chi connectivity index (χ0n) is 19.2. The molecule has 4 saturated carbocycles. The van der Waals surface area contributed by atoms with Crippen LogP contribution in [-0.2, 0) is 4.79 Å². The molecule has 7 heteroatoms. The number of nitrogens with one attached hydrogen (secondary N) is 1. The number of ether oxygens (including phenoxy) is 1. The van der Waals surface area contributed by atoms with Crippen LogP contribution in [0.25, 0.3) is 0 Å². The lowest BCUT2D eigenvalue weighted by atomic mass is 9.40. The molecule has 0 spiro atoms. The third kappa shape index (κ3) is 4.10. The number of amides is 1. The van der Waals surface area contributed by atoms with Crippen molar-refractivity contribution < 1.29 is 14.5 Å². The summed E-state index contributed by atoms with van der Waals surface area (Å²) in [7, 11) is 0. The third-order valence-electron chi connectivity index (χ3n) is 7.83. The molecule has 4 fully saturated rings. The Morgan fingerprint density at radius 2 is 1.76 bits per heavy atom. The lowest BCUT2D eigenvalue weighted by Crippen LogP contribution is -2.58. The fourth-order valence-corrected chi connectivity index (χ4v) is 7.72. The first-order chi connectivity index (χ1) is 15.5. The Hall–Kier alpha value is -2.60. The van der Waals surface area contributed by atoms with E-state index >= 15 is 0 Å². The van der Waals surface area contributed by atoms with E-state index in [9.17, 15) is 14.9 Å². The fraction of sp³-hybridized carbons (Fsp3) is 0.500. The van der Waals surface area contributed by atoms with Crippen molar-refractivity contribution >= 4 is 28.9 Å². The van der Waals surface area contributed by atoms with Gasteiger partial charge in [-0.05, 0) is 86.0 Å². The first-order valence-electron chi connectivity index (χ1n) is 11.5. The van der Waals surface area contributed by atoms with Crippen LogP contribution in [0, 0.1) is 39.2 Å². The van der Waals surface area contributed by atoms with E-state index in [0.29, 0.717) is 28.1 Å². The number of halogens is 1. The predicted molar refractivity (Wildman–Crippen MR) is 128 cm³/mol. The second kappa shape index (κ2) is 7.45. The highest BCUT2D eigenvalue weighted by Gasteiger charge is 2.62. The second-order valence-corrected chi connectivity index (χ2v) is 11.8. The second-order valence-electron chi connectivity index (χ2n) is 11.4. The van der Waals surface area contributed by atoms with Gasteiger partial charge in [-0.3, -0.25) is 14.9 Å². The smallest absolute Gasteiger partial charge is 0.275 e. The summed E-state index contributed by atoms with van der Waals surface area (Å²) in [5, 5.41) is 15.2. The molecule has 0 aromatic heterocycles. The molecule has 0 aliphatic heterocycles. The molecule has 2 unspecified atom stereocenters. The molecule has 4 aliphatic carbocycles. The van der Waals surface area contributed by atoms with Crippen molar-refractivity contribution in [2.24, 2.45) is 22.2 Å². The lowest BCUT2D eigenvalue weighted by Gasteiger charge is -2.64. The highest BCUT2D eigenvalue weighted by Crippen LogP contribution is 2.69. The summed E-state index contributed by atoms with van der Waals surface area (Å²) in [5.74, 6) is 1.39. The van der Waals surface area contributed by atoms with Gasteiger partial charge in [-0.25, -0.2) is 0 Å². The average molecular weight is 469 g/mol. The number of carbonyl (C=O) groups is 1. The molecule has 1 N–H and O–H groups in total. The molecule has 1 amide bonds. The topological polar surface area (TPSA) is 81.5 Å². The first kappa shape index (κ1) is 22.2. The number of nitro groups is 1. The monoisotopic (exact) mass is 468 g/mol. The number of hydrogen-bond donors (Lipinski definition) is 1. The predicted octanol–water partition coefficient (Wildman–Crippen LogP) is 7.28. The normalized spacial score (nSPS) is 31.9. The maximum absolute atomic E-state index is 13.6. The number of anilines is 1. The Morgan fingerprint density at radius 1 is 1.06 bits per heavy atom. The number of nitrogens with zero attached hydrogens (tertiary/aromatic N) is 1. The minimum atomic E-state index is -0.470. The molecular formula is C26H29ClN2O4. The number of non-ortho nitro benzene ring substituents is 1. The summed E-state index contributed by atoms with van der Waals surface area (Å²) in [5.41, 5.74) is 1.11. The van der Waals surface area contributed by atoms with Crippen molar-refractivity contribution in [1.82, 2.24) is 0 Å². The molecule has 4 atom stereocenters. The lowest BCUT2D eigenvalue weighted by molar-refractivity contribution is -0.384. The van der Waals surface area contributed by atoms with Crippen LogP contribution in [-0.4, -0.2) is 10.8 Å². The van der Waals surface area contributed by atoms with Crippen molar-refractivity contribution in [3.8, 4) is 11.5 Å². The van der Waals surface area contributed by atoms with Gasteiger partial charge in [0.1, 0.15) is 11.5 Å². The number of aryl methyl sites for hydroxylation is 1. The zero-order valence-corrected chi connectivity index (χ0v) is 20.0. The highest BCUT2D eigenvalue weighted by molar-refractivity contribution is 6.31. The summed E-state index contributed by atoms with van der Waals surface area (Å²) in [6.45, 7) is 6.51. The van der Waals surface area contributed by atoms with Crippen molar-refractivity contribution in [2.75, 3.05) is 5.32 Å². The van der Waals surface area contributed by atoms with Crippen molar-refractivity contribution in [1.29, 1.82) is 0 Å². The van der Waals surface area contributed by atoms with Crippen LogP contribution >= 0.6 is 11.6 Å². The Bertz CT molecular complexity index is 1140. The van der Waals surface area contributed by atoms with E-state index in [2.05, 4.69) is 19.2 Å². The average Bonchev–Trinajstić information content (AvgIpc) is 2.68. The van der Waals surface area contributed by atoms with Gasteiger partial charge in [-0.1, -0.05) is 25.4 Å². The van der Waals surface area contributed by atoms with E-state index in [1.807, 2.05) is 6.92 Å². The van der Waals surface area contributed by atoms with Gasteiger partial charge >= 0.3 is 0 Å². The van der Waals surface area contributed by atoms with Gasteiger partial charge in [-0.2, -0.15) is 0 Å². The van der Waals surface area contributed by atoms with Crippen LogP contribution in [0.2, 0.25) is 5.02 Å². The molecule has 174 valence electrons. The fourth-order valence-electron chi connectivity index (χ4n) is 7.60. The molecule has 4 aliphatic rings. The van der Waals surface area contributed by atoms with Gasteiger partial charge in [-0.15, -0.1) is 0 Å². The molecule has 4 bridgehead atoms. The van der Waals surface area contributed by atoms with Gasteiger partial charge in [0, 0.05) is 17.2 Å². The van der Waals surface area contributed by atoms with E-state index in [4.69, 9.17) is 16.3 Å². The van der Waals surface area contributed by atoms with Crippen LogP contribution in [0.5, 0.6) is 11.5 Å². The molecule has 0 heterocycles. The minimum Gasteiger partial charge on any atom is -0.457 e. The number of hydrogen-bond acceptors (Lipinski definition) is 4. The highest BCUT2D eigenvalue weighted by atomic mass is 35.5. The van der Waals surface area contributed by atoms with E-state index < -0.39 is 10.3 Å². The van der Waals surface area contributed by atoms with Gasteiger partial charge in [0.15, 0.2) is 0 Å². The van der Waals surface area contributed by atoms with Crippen molar-refractivity contribution in [3.63, 3.8) is 0 Å². The molecule has 6 rings (SSSR count). The summed E-state index contributed by atoms with van der Waals surface area (Å²) in [4.78, 5) is 24.7. The van der Waals surface area contributed by atoms with E-state index in [0.717, 1.165) is 24.8 Å². The molecule has 0 radical (unpaired) electrons. The first-order valence-corrected chi connectivity index (χ1v) is 11.9. The Balaban J connectivity index is 1.43. The van der Waals surface area contributed by atoms with Crippen LogP contribution in [0.1, 0.15) is 57.9 Å². The van der Waals surface area contributed by atoms with Crippen LogP contribution in [0.15, 0.2) is 36.4 Å². The van der Waals surface area contributed by atoms with E-state index in [1.54, 1.807) is 24.3 Å². The number of rotatable bonds is 5. The molecular weight excluding hydrogens is 440 g/mol. The summed E-state index contributed by atoms with van der Waals surface area (Å²) in [6, 6.07) is 9.63. The van der Waals surface area contributed by atoms with Gasteiger partial charge < -0.3 is 10.1 Å². The molecule has 6 nitrogen and oxygen atoms in total. The molecule has 0 saturated heterocycles. The zero-order chi connectivity index (χ0) is 23.6. The number of carbonyl (C=O) groups excluding carboxylic acids is 1. The van der Waals surface area contributed by atoms with Crippen LogP contribution in [0.3, 0.4) is 0 Å². The maximum atomic E-state index is 13.6. The third-order valence-corrected chi connectivity index (χ3v) is 8.26. The number of nitro benzene ring substituents is 1. The van der Waals surface area contributed by atoms with Gasteiger partial charge in [0.05, 0.1) is 22.1 Å². The Labute approximate surface area is 198 Å². The summed E-state index contributed by atoms with van der Waals surface area (Å²) in [6.07, 6.45) is 6.27. The van der Waals surface area contributed by atoms with Crippen molar-refractivity contribution in [3.05, 3.63) is 57.1 Å². The quantitative estimate of drug-likeness (QED) is 0.369. The van der Waals surface area contributed by atoms with Crippen LogP contribution < -0.4 is 10.1 Å². The van der Waals surface area contributed by atoms with Crippen LogP contribution in [0.4, 0.5) is 11.4 Å². The summed E-state index contributed by atoms with van der Waals surface area (Å²) >= 11 is 6.09. The van der Waals surface area contributed by atoms with E-state index in [1.165, 1.54) is 31.4 Å². The standard InChI is InChI=1S/C26H29ClN2O4/c1-16-6-20(4-5-22(16)27)33-21-8-18(7-19(9-21)29(31)32)28-23(30)26-12-17-10-24(2,14-26)13-25(3,11-17)15-26/h4-9,17H,10-15H2,1-3H3,(H,28,30)/t17?,24-,25+,26?. The molecule has 33 heavy (non-hydrogen) atoms. The van der Waals surface area contributed by atoms with Crippen molar-refractivity contribution in [2.45, 2.75) is 59.3 Å². The largest absolute Gasteiger partial charge is 0.457 e. The SMILES string of the molecule is Cc1cc(Oc2cc(NC(=O)C34CC5C[C@@](C)(C3)C[C@](C)(C5)C4)cc([N+](=O)[O-])c2)ccc1Cl. The van der Waals surface area contributed by atoms with E-state index in [-0.39, 0.29) is 22.4 Å². The Morgan fingerprint density at radius 3 is 2.36 bits per heavy atom. The molecule has 2 aromatic carbocycles. The number of benzene rings is 2. The van der Waals surface area contributed by atoms with Gasteiger partial charge in [0.25, 0.3) is 5.69 Å². The maximum Gasteiger partial charge on any atom is 0.275 e. The summed E-state index contributed by atoms with van der Waals surface area (Å²) < 4.78 is 5.89. The molecule has 2 aromatic rings.